The quantitative estimate of drug-likeness (QED) is 0.862. The van der Waals surface area contributed by atoms with Gasteiger partial charge in [-0.05, 0) is 31.2 Å². The van der Waals surface area contributed by atoms with E-state index in [-0.39, 0.29) is 0 Å². The van der Waals surface area contributed by atoms with Crippen molar-refractivity contribution in [2.24, 2.45) is 15.9 Å². The van der Waals surface area contributed by atoms with Crippen LogP contribution in [0.25, 0.3) is 0 Å². The number of hydrogen-bond donors (Lipinski definition) is 1. The summed E-state index contributed by atoms with van der Waals surface area (Å²) in [4.78, 5) is 3.92. The third kappa shape index (κ3) is 2.65. The number of halogens is 2. The highest BCUT2D eigenvalue weighted by Crippen LogP contribution is 2.38. The van der Waals surface area contributed by atoms with Gasteiger partial charge in [-0.1, -0.05) is 47.0 Å². The summed E-state index contributed by atoms with van der Waals surface area (Å²) in [6.45, 7) is 2.48. The van der Waals surface area contributed by atoms with Crippen LogP contribution in [0, 0.1) is 6.92 Å². The van der Waals surface area contributed by atoms with E-state index < -0.39 is 0 Å². The van der Waals surface area contributed by atoms with Crippen LogP contribution < -0.4 is 15.5 Å². The van der Waals surface area contributed by atoms with Crippen molar-refractivity contribution >= 4 is 46.6 Å². The summed E-state index contributed by atoms with van der Waals surface area (Å²) in [5.74, 6) is 1.25. The van der Waals surface area contributed by atoms with Crippen LogP contribution >= 0.6 is 23.2 Å². The van der Waals surface area contributed by atoms with Crippen molar-refractivity contribution in [2.45, 2.75) is 6.92 Å². The van der Waals surface area contributed by atoms with Gasteiger partial charge in [-0.2, -0.15) is 5.10 Å². The summed E-state index contributed by atoms with van der Waals surface area (Å²) in [7, 11) is 0. The molecular formula is C18H15Cl2N5. The molecule has 0 aliphatic carbocycles. The number of benzene rings is 2. The van der Waals surface area contributed by atoms with E-state index in [1.807, 2.05) is 47.1 Å². The molecule has 126 valence electrons. The number of fused-ring (bicyclic) bond motifs is 1. The minimum absolute atomic E-state index is 0.435. The lowest BCUT2D eigenvalue weighted by atomic mass is 10.1. The fourth-order valence-electron chi connectivity index (χ4n) is 2.93. The zero-order chi connectivity index (χ0) is 17.6. The average molecular weight is 372 g/mol. The Morgan fingerprint density at radius 1 is 1.00 bits per heavy atom. The summed E-state index contributed by atoms with van der Waals surface area (Å²) in [5, 5.41) is 9.34. The molecule has 2 aromatic rings. The van der Waals surface area contributed by atoms with E-state index in [0.29, 0.717) is 34.1 Å². The number of nitrogens with zero attached hydrogens (tertiary/aromatic N) is 4. The lowest BCUT2D eigenvalue weighted by molar-refractivity contribution is 0.862. The van der Waals surface area contributed by atoms with Gasteiger partial charge in [0.25, 0.3) is 0 Å². The van der Waals surface area contributed by atoms with Crippen molar-refractivity contribution in [3.63, 3.8) is 0 Å². The van der Waals surface area contributed by atoms with Gasteiger partial charge in [-0.15, -0.1) is 5.10 Å². The smallest absolute Gasteiger partial charge is 0.169 e. The third-order valence-corrected chi connectivity index (χ3v) is 4.85. The van der Waals surface area contributed by atoms with Crippen LogP contribution in [0.4, 0.5) is 11.4 Å². The van der Waals surface area contributed by atoms with Gasteiger partial charge in [0.1, 0.15) is 12.5 Å². The maximum absolute atomic E-state index is 6.42. The summed E-state index contributed by atoms with van der Waals surface area (Å²) in [6.07, 6.45) is 1.66. The van der Waals surface area contributed by atoms with Crippen LogP contribution in [0.3, 0.4) is 0 Å². The standard InChI is InChI=1S/C18H15Cl2N5/c1-11-5-7-12(8-6-11)24-10-25(16-14(19)3-2-4-15(16)20)18-13(17(24)21)9-22-23-18/h2-9H,10,21H2,1H3. The van der Waals surface area contributed by atoms with Crippen molar-refractivity contribution in [1.29, 1.82) is 0 Å². The normalized spacial score (nSPS) is 16.4. The van der Waals surface area contributed by atoms with Gasteiger partial charge in [0.05, 0.1) is 27.5 Å². The molecule has 2 aliphatic rings. The predicted molar refractivity (Wildman–Crippen MR) is 105 cm³/mol. The molecule has 0 saturated carbocycles. The Kier molecular flexibility index (Phi) is 3.90. The Bertz CT molecular complexity index is 911. The summed E-state index contributed by atoms with van der Waals surface area (Å²) < 4.78 is 0. The molecular weight excluding hydrogens is 357 g/mol. The van der Waals surface area contributed by atoms with Crippen LogP contribution in [-0.2, 0) is 0 Å². The van der Waals surface area contributed by atoms with E-state index >= 15 is 0 Å². The number of nitrogens with two attached hydrogens (primary N) is 1. The van der Waals surface area contributed by atoms with Crippen molar-refractivity contribution in [3.05, 3.63) is 69.5 Å². The van der Waals surface area contributed by atoms with Crippen LogP contribution in [-0.4, -0.2) is 18.7 Å². The molecule has 0 radical (unpaired) electrons. The van der Waals surface area contributed by atoms with Gasteiger partial charge in [0, 0.05) is 5.69 Å². The minimum atomic E-state index is 0.435. The highest BCUT2D eigenvalue weighted by atomic mass is 35.5. The summed E-state index contributed by atoms with van der Waals surface area (Å²) in [6, 6.07) is 13.6. The highest BCUT2D eigenvalue weighted by Gasteiger charge is 2.33. The maximum atomic E-state index is 6.42. The molecule has 2 aromatic carbocycles. The van der Waals surface area contributed by atoms with Gasteiger partial charge in [-0.25, -0.2) is 0 Å². The number of aryl methyl sites for hydroxylation is 1. The summed E-state index contributed by atoms with van der Waals surface area (Å²) >= 11 is 12.8. The first kappa shape index (κ1) is 16.0. The van der Waals surface area contributed by atoms with Gasteiger partial charge in [-0.3, -0.25) is 0 Å². The molecule has 2 aliphatic heterocycles. The first-order valence-corrected chi connectivity index (χ1v) is 8.49. The van der Waals surface area contributed by atoms with E-state index in [0.717, 1.165) is 11.3 Å². The largest absolute Gasteiger partial charge is 0.384 e. The topological polar surface area (TPSA) is 57.2 Å². The molecule has 25 heavy (non-hydrogen) atoms. The van der Waals surface area contributed by atoms with Gasteiger partial charge in [0.2, 0.25) is 0 Å². The van der Waals surface area contributed by atoms with Crippen LogP contribution in [0.15, 0.2) is 64.1 Å². The Morgan fingerprint density at radius 2 is 1.68 bits per heavy atom. The zero-order valence-corrected chi connectivity index (χ0v) is 15.0. The summed E-state index contributed by atoms with van der Waals surface area (Å²) in [5.41, 5.74) is 9.99. The zero-order valence-electron chi connectivity index (χ0n) is 13.4. The van der Waals surface area contributed by atoms with E-state index in [4.69, 9.17) is 28.9 Å². The van der Waals surface area contributed by atoms with E-state index in [1.54, 1.807) is 18.3 Å². The molecule has 0 aromatic heterocycles. The Hall–Kier alpha value is -2.50. The molecule has 0 atom stereocenters. The number of anilines is 2. The molecule has 2 N–H and O–H groups in total. The number of amidine groups is 1. The maximum Gasteiger partial charge on any atom is 0.169 e. The molecule has 2 heterocycles. The first-order valence-electron chi connectivity index (χ1n) is 7.73. The molecule has 0 bridgehead atoms. The molecule has 0 amide bonds. The van der Waals surface area contributed by atoms with E-state index in [9.17, 15) is 0 Å². The molecule has 5 nitrogen and oxygen atoms in total. The monoisotopic (exact) mass is 371 g/mol. The number of hydrogen-bond acceptors (Lipinski definition) is 5. The van der Waals surface area contributed by atoms with Crippen molar-refractivity contribution in [3.8, 4) is 0 Å². The van der Waals surface area contributed by atoms with Gasteiger partial charge < -0.3 is 15.5 Å². The van der Waals surface area contributed by atoms with Crippen molar-refractivity contribution in [1.82, 2.24) is 0 Å². The van der Waals surface area contributed by atoms with Crippen molar-refractivity contribution in [2.75, 3.05) is 16.5 Å². The van der Waals surface area contributed by atoms with Gasteiger partial charge >= 0.3 is 0 Å². The lowest BCUT2D eigenvalue weighted by Crippen LogP contribution is -2.49. The number of para-hydroxylation sites is 1. The Balaban J connectivity index is 1.84. The molecule has 0 saturated heterocycles. The molecule has 0 fully saturated rings. The first-order chi connectivity index (χ1) is 12.1. The van der Waals surface area contributed by atoms with E-state index in [1.165, 1.54) is 5.56 Å². The van der Waals surface area contributed by atoms with E-state index in [2.05, 4.69) is 10.2 Å². The number of rotatable bonds is 2. The predicted octanol–water partition coefficient (Wildman–Crippen LogP) is 4.15. The minimum Gasteiger partial charge on any atom is -0.384 e. The molecule has 4 rings (SSSR count). The second-order valence-electron chi connectivity index (χ2n) is 5.87. The highest BCUT2D eigenvalue weighted by molar-refractivity contribution is 6.41. The SMILES string of the molecule is Cc1ccc(N2CN(c3c(Cl)cccc3Cl)C3=NN=CC3=C2N)cc1. The average Bonchev–Trinajstić information content (AvgIpc) is 3.08. The Morgan fingerprint density at radius 3 is 2.36 bits per heavy atom. The van der Waals surface area contributed by atoms with Crippen molar-refractivity contribution < 1.29 is 0 Å². The molecule has 0 spiro atoms. The second-order valence-corrected chi connectivity index (χ2v) is 6.68. The Labute approximate surface area is 155 Å². The second kappa shape index (κ2) is 6.10. The lowest BCUT2D eigenvalue weighted by Gasteiger charge is -2.38. The van der Waals surface area contributed by atoms with Crippen LogP contribution in [0.5, 0.6) is 0 Å². The fraction of sp³-hybridized carbons (Fsp3) is 0.111. The third-order valence-electron chi connectivity index (χ3n) is 4.24. The van der Waals surface area contributed by atoms with Gasteiger partial charge in [0.15, 0.2) is 5.84 Å². The molecule has 7 heteroatoms. The fourth-order valence-corrected chi connectivity index (χ4v) is 3.53. The van der Waals surface area contributed by atoms with Crippen LogP contribution in [0.2, 0.25) is 10.0 Å². The molecule has 0 unspecified atom stereocenters. The van der Waals surface area contributed by atoms with Crippen LogP contribution in [0.1, 0.15) is 5.56 Å².